The summed E-state index contributed by atoms with van der Waals surface area (Å²) in [5.74, 6) is 0.961. The second-order valence-electron chi connectivity index (χ2n) is 6.63. The van der Waals surface area contributed by atoms with Crippen LogP contribution in [0.4, 0.5) is 0 Å². The van der Waals surface area contributed by atoms with Gasteiger partial charge in [-0.05, 0) is 50.9 Å². The van der Waals surface area contributed by atoms with Crippen LogP contribution in [0.25, 0.3) is 0 Å². The molecular formula is C18H37N3O2. The van der Waals surface area contributed by atoms with E-state index in [9.17, 15) is 0 Å². The molecule has 5 heteroatoms. The first-order valence-corrected chi connectivity index (χ1v) is 9.26. The van der Waals surface area contributed by atoms with Gasteiger partial charge >= 0.3 is 0 Å². The van der Waals surface area contributed by atoms with E-state index < -0.39 is 0 Å². The lowest BCUT2D eigenvalue weighted by atomic mass is 9.83. The number of guanidine groups is 1. The van der Waals surface area contributed by atoms with Gasteiger partial charge in [0.1, 0.15) is 0 Å². The third-order valence-corrected chi connectivity index (χ3v) is 4.74. The maximum atomic E-state index is 5.30. The van der Waals surface area contributed by atoms with Crippen LogP contribution in [0.1, 0.15) is 58.3 Å². The summed E-state index contributed by atoms with van der Waals surface area (Å²) in [7, 11) is 3.55. The average molecular weight is 328 g/mol. The lowest BCUT2D eigenvalue weighted by Gasteiger charge is -2.27. The fourth-order valence-electron chi connectivity index (χ4n) is 3.27. The Labute approximate surface area is 142 Å². The van der Waals surface area contributed by atoms with Gasteiger partial charge in [0, 0.05) is 47.1 Å². The highest BCUT2D eigenvalue weighted by atomic mass is 16.5. The van der Waals surface area contributed by atoms with Crippen molar-refractivity contribution >= 4 is 5.96 Å². The molecule has 0 spiro atoms. The Morgan fingerprint density at radius 2 is 1.74 bits per heavy atom. The largest absolute Gasteiger partial charge is 0.385 e. The van der Waals surface area contributed by atoms with E-state index in [0.717, 1.165) is 58.1 Å². The van der Waals surface area contributed by atoms with E-state index >= 15 is 0 Å². The molecule has 1 aliphatic carbocycles. The van der Waals surface area contributed by atoms with E-state index in [1.165, 1.54) is 32.1 Å². The zero-order valence-corrected chi connectivity index (χ0v) is 15.5. The van der Waals surface area contributed by atoms with Gasteiger partial charge < -0.3 is 20.1 Å². The monoisotopic (exact) mass is 327 g/mol. The van der Waals surface area contributed by atoms with E-state index in [-0.39, 0.29) is 0 Å². The molecule has 0 heterocycles. The van der Waals surface area contributed by atoms with Gasteiger partial charge in [0.25, 0.3) is 0 Å². The molecule has 1 saturated carbocycles. The molecule has 2 N–H and O–H groups in total. The second-order valence-corrected chi connectivity index (χ2v) is 6.63. The zero-order chi connectivity index (χ0) is 16.8. The Kier molecular flexibility index (Phi) is 11.1. The van der Waals surface area contributed by atoms with Crippen LogP contribution < -0.4 is 10.6 Å². The Morgan fingerprint density at radius 1 is 1.00 bits per heavy atom. The number of aliphatic imine (C=N–C) groups is 1. The molecule has 0 atom stereocenters. The van der Waals surface area contributed by atoms with Gasteiger partial charge in [0.2, 0.25) is 0 Å². The SMILES string of the molecule is CCNC(=NCC1(CCOC)CCCC1)NCCCCCOC. The first-order chi connectivity index (χ1) is 11.3. The van der Waals surface area contributed by atoms with Gasteiger partial charge in [-0.2, -0.15) is 0 Å². The maximum absolute atomic E-state index is 5.30. The molecule has 1 fully saturated rings. The summed E-state index contributed by atoms with van der Waals surface area (Å²) >= 11 is 0. The minimum atomic E-state index is 0.358. The minimum Gasteiger partial charge on any atom is -0.385 e. The van der Waals surface area contributed by atoms with Crippen molar-refractivity contribution in [2.24, 2.45) is 10.4 Å². The molecule has 5 nitrogen and oxygen atoms in total. The Bertz CT molecular complexity index is 315. The van der Waals surface area contributed by atoms with Gasteiger partial charge in [0.05, 0.1) is 0 Å². The number of ether oxygens (including phenoxy) is 2. The molecule has 0 aromatic carbocycles. The average Bonchev–Trinajstić information content (AvgIpc) is 3.03. The van der Waals surface area contributed by atoms with E-state index in [0.29, 0.717) is 5.41 Å². The van der Waals surface area contributed by atoms with E-state index in [4.69, 9.17) is 14.5 Å². The second kappa shape index (κ2) is 12.6. The highest BCUT2D eigenvalue weighted by Gasteiger charge is 2.33. The van der Waals surface area contributed by atoms with Crippen LogP contribution in [0.2, 0.25) is 0 Å². The van der Waals surface area contributed by atoms with Gasteiger partial charge in [0.15, 0.2) is 5.96 Å². The van der Waals surface area contributed by atoms with E-state index in [2.05, 4.69) is 17.6 Å². The van der Waals surface area contributed by atoms with Crippen molar-refractivity contribution in [3.8, 4) is 0 Å². The number of nitrogens with zero attached hydrogens (tertiary/aromatic N) is 1. The Balaban J connectivity index is 2.39. The first kappa shape index (κ1) is 20.2. The van der Waals surface area contributed by atoms with Crippen LogP contribution in [-0.2, 0) is 9.47 Å². The van der Waals surface area contributed by atoms with Crippen LogP contribution >= 0.6 is 0 Å². The molecule has 0 unspecified atom stereocenters. The van der Waals surface area contributed by atoms with Crippen molar-refractivity contribution in [3.63, 3.8) is 0 Å². The van der Waals surface area contributed by atoms with Crippen molar-refractivity contribution in [3.05, 3.63) is 0 Å². The normalized spacial score (nSPS) is 17.4. The number of nitrogens with one attached hydrogen (secondary N) is 2. The molecule has 1 aliphatic rings. The molecular weight excluding hydrogens is 290 g/mol. The number of hydrogen-bond acceptors (Lipinski definition) is 3. The fraction of sp³-hybridized carbons (Fsp3) is 0.944. The van der Waals surface area contributed by atoms with E-state index in [1.54, 1.807) is 14.2 Å². The van der Waals surface area contributed by atoms with Crippen molar-refractivity contribution in [1.82, 2.24) is 10.6 Å². The summed E-state index contributed by atoms with van der Waals surface area (Å²) in [6.07, 6.45) is 9.86. The molecule has 0 saturated heterocycles. The maximum Gasteiger partial charge on any atom is 0.191 e. The third-order valence-electron chi connectivity index (χ3n) is 4.74. The summed E-state index contributed by atoms with van der Waals surface area (Å²) in [5, 5.41) is 6.83. The third kappa shape index (κ3) is 8.56. The number of hydrogen-bond donors (Lipinski definition) is 2. The van der Waals surface area contributed by atoms with Crippen LogP contribution in [0.15, 0.2) is 4.99 Å². The molecule has 0 aromatic rings. The fourth-order valence-corrected chi connectivity index (χ4v) is 3.27. The Morgan fingerprint density at radius 3 is 2.39 bits per heavy atom. The lowest BCUT2D eigenvalue weighted by molar-refractivity contribution is 0.141. The zero-order valence-electron chi connectivity index (χ0n) is 15.5. The van der Waals surface area contributed by atoms with Gasteiger partial charge in [-0.1, -0.05) is 12.8 Å². The highest BCUT2D eigenvalue weighted by molar-refractivity contribution is 5.79. The predicted molar refractivity (Wildman–Crippen MR) is 97.1 cm³/mol. The van der Waals surface area contributed by atoms with Crippen molar-refractivity contribution in [1.29, 1.82) is 0 Å². The quantitative estimate of drug-likeness (QED) is 0.329. The van der Waals surface area contributed by atoms with Crippen molar-refractivity contribution < 1.29 is 9.47 Å². The van der Waals surface area contributed by atoms with Gasteiger partial charge in [-0.25, -0.2) is 0 Å². The number of rotatable bonds is 12. The molecule has 0 aromatic heterocycles. The predicted octanol–water partition coefficient (Wildman–Crippen LogP) is 2.96. The molecule has 23 heavy (non-hydrogen) atoms. The standard InChI is InChI=1S/C18H37N3O2/c1-4-19-17(20-13-8-5-9-14-22-2)21-16-18(12-15-23-3)10-6-7-11-18/h4-16H2,1-3H3,(H2,19,20,21). The summed E-state index contributed by atoms with van der Waals surface area (Å²) in [5.41, 5.74) is 0.358. The smallest absolute Gasteiger partial charge is 0.191 e. The lowest BCUT2D eigenvalue weighted by Crippen LogP contribution is -2.39. The number of unbranched alkanes of at least 4 members (excludes halogenated alkanes) is 2. The van der Waals surface area contributed by atoms with Gasteiger partial charge in [-0.15, -0.1) is 0 Å². The van der Waals surface area contributed by atoms with Gasteiger partial charge in [-0.3, -0.25) is 4.99 Å². The van der Waals surface area contributed by atoms with Crippen molar-refractivity contribution in [2.45, 2.75) is 58.3 Å². The summed E-state index contributed by atoms with van der Waals surface area (Å²) < 4.78 is 10.4. The molecule has 136 valence electrons. The van der Waals surface area contributed by atoms with Crippen LogP contribution in [0, 0.1) is 5.41 Å². The van der Waals surface area contributed by atoms with Crippen LogP contribution in [-0.4, -0.2) is 53.0 Å². The topological polar surface area (TPSA) is 54.9 Å². The van der Waals surface area contributed by atoms with Crippen molar-refractivity contribution in [2.75, 3.05) is 47.1 Å². The van der Waals surface area contributed by atoms with Crippen LogP contribution in [0.5, 0.6) is 0 Å². The minimum absolute atomic E-state index is 0.358. The summed E-state index contributed by atoms with van der Waals surface area (Å²) in [6.45, 7) is 6.61. The number of methoxy groups -OCH3 is 2. The molecule has 0 amide bonds. The highest BCUT2D eigenvalue weighted by Crippen LogP contribution is 2.41. The Hall–Kier alpha value is -0.810. The molecule has 1 rings (SSSR count). The molecule has 0 bridgehead atoms. The summed E-state index contributed by atoms with van der Waals surface area (Å²) in [4.78, 5) is 4.87. The first-order valence-electron chi connectivity index (χ1n) is 9.26. The van der Waals surface area contributed by atoms with E-state index in [1.807, 2.05) is 0 Å². The molecule has 0 radical (unpaired) electrons. The summed E-state index contributed by atoms with van der Waals surface area (Å²) in [6, 6.07) is 0. The molecule has 0 aliphatic heterocycles. The van der Waals surface area contributed by atoms with Crippen LogP contribution in [0.3, 0.4) is 0 Å².